The lowest BCUT2D eigenvalue weighted by Gasteiger charge is -2.25. The summed E-state index contributed by atoms with van der Waals surface area (Å²) in [5, 5.41) is 13.1. The van der Waals surface area contributed by atoms with E-state index in [2.05, 4.69) is 10.6 Å². The normalized spacial score (nSPS) is 15.7. The maximum atomic E-state index is 10.9. The highest BCUT2D eigenvalue weighted by molar-refractivity contribution is 5.79. The molecule has 0 spiro atoms. The molecule has 3 N–H and O–H groups in total. The lowest BCUT2D eigenvalue weighted by atomic mass is 9.83. The molecule has 0 heterocycles. The number of amides is 2. The highest BCUT2D eigenvalue weighted by Crippen LogP contribution is 2.28. The van der Waals surface area contributed by atoms with Gasteiger partial charge in [0.1, 0.15) is 6.54 Å². The number of aliphatic carboxylic acids is 1. The van der Waals surface area contributed by atoms with Gasteiger partial charge in [0.05, 0.1) is 0 Å². The van der Waals surface area contributed by atoms with Crippen molar-refractivity contribution in [2.45, 2.75) is 25.7 Å². The van der Waals surface area contributed by atoms with E-state index in [4.69, 9.17) is 5.11 Å². The molecule has 0 atom stereocenters. The lowest BCUT2D eigenvalue weighted by molar-refractivity contribution is -0.135. The lowest BCUT2D eigenvalue weighted by Crippen LogP contribution is -2.39. The molecule has 2 amide bonds. The van der Waals surface area contributed by atoms with Gasteiger partial charge >= 0.3 is 12.0 Å². The van der Waals surface area contributed by atoms with E-state index in [0.717, 1.165) is 12.3 Å². The Labute approximate surface area is 82.9 Å². The Morgan fingerprint density at radius 3 is 2.50 bits per heavy atom. The van der Waals surface area contributed by atoms with Crippen molar-refractivity contribution in [1.82, 2.24) is 10.6 Å². The van der Waals surface area contributed by atoms with Crippen LogP contribution in [0.5, 0.6) is 0 Å². The van der Waals surface area contributed by atoms with E-state index in [0.29, 0.717) is 6.54 Å². The third kappa shape index (κ3) is 4.11. The molecule has 0 aliphatic heterocycles. The molecule has 1 rings (SSSR count). The second kappa shape index (κ2) is 5.47. The molecule has 0 aromatic rings. The van der Waals surface area contributed by atoms with Crippen LogP contribution in [0.1, 0.15) is 25.7 Å². The Hall–Kier alpha value is -1.26. The fraction of sp³-hybridized carbons (Fsp3) is 0.778. The molecule has 0 aromatic heterocycles. The van der Waals surface area contributed by atoms with Crippen LogP contribution in [-0.2, 0) is 4.79 Å². The van der Waals surface area contributed by atoms with Crippen LogP contribution in [0.3, 0.4) is 0 Å². The maximum Gasteiger partial charge on any atom is 0.323 e. The summed E-state index contributed by atoms with van der Waals surface area (Å²) in [6, 6.07) is -0.397. The molecule has 0 aromatic carbocycles. The van der Waals surface area contributed by atoms with Gasteiger partial charge in [0, 0.05) is 6.54 Å². The van der Waals surface area contributed by atoms with Gasteiger partial charge in [-0.05, 0) is 12.3 Å². The van der Waals surface area contributed by atoms with Crippen LogP contribution in [0.15, 0.2) is 0 Å². The van der Waals surface area contributed by atoms with E-state index in [1.54, 1.807) is 0 Å². The SMILES string of the molecule is O=C(O)CNC(=O)NCCC1CCC1. The Morgan fingerprint density at radius 1 is 1.29 bits per heavy atom. The van der Waals surface area contributed by atoms with Gasteiger partial charge in [-0.15, -0.1) is 0 Å². The molecule has 0 bridgehead atoms. The number of hydrogen-bond donors (Lipinski definition) is 3. The van der Waals surface area contributed by atoms with Crippen molar-refractivity contribution < 1.29 is 14.7 Å². The molecule has 1 fully saturated rings. The van der Waals surface area contributed by atoms with Crippen molar-refractivity contribution in [3.63, 3.8) is 0 Å². The fourth-order valence-electron chi connectivity index (χ4n) is 1.39. The van der Waals surface area contributed by atoms with Crippen molar-refractivity contribution in [3.05, 3.63) is 0 Å². The van der Waals surface area contributed by atoms with E-state index in [-0.39, 0.29) is 6.54 Å². The zero-order chi connectivity index (χ0) is 10.4. The molecule has 80 valence electrons. The summed E-state index contributed by atoms with van der Waals surface area (Å²) in [5.41, 5.74) is 0. The van der Waals surface area contributed by atoms with Crippen LogP contribution in [0.2, 0.25) is 0 Å². The highest BCUT2D eigenvalue weighted by Gasteiger charge is 2.16. The molecule has 1 aliphatic rings. The van der Waals surface area contributed by atoms with Crippen LogP contribution in [0.25, 0.3) is 0 Å². The van der Waals surface area contributed by atoms with Crippen molar-refractivity contribution in [1.29, 1.82) is 0 Å². The first-order chi connectivity index (χ1) is 6.68. The number of carbonyl (C=O) groups excluding carboxylic acids is 1. The summed E-state index contributed by atoms with van der Waals surface area (Å²) < 4.78 is 0. The first-order valence-corrected chi connectivity index (χ1v) is 4.92. The predicted octanol–water partition coefficient (Wildman–Crippen LogP) is 0.560. The third-order valence-corrected chi connectivity index (χ3v) is 2.46. The van der Waals surface area contributed by atoms with E-state index < -0.39 is 12.0 Å². The molecular weight excluding hydrogens is 184 g/mol. The van der Waals surface area contributed by atoms with Crippen molar-refractivity contribution in [3.8, 4) is 0 Å². The van der Waals surface area contributed by atoms with Gasteiger partial charge in [-0.25, -0.2) is 4.79 Å². The van der Waals surface area contributed by atoms with E-state index in [1.165, 1.54) is 19.3 Å². The van der Waals surface area contributed by atoms with Gasteiger partial charge in [0.2, 0.25) is 0 Å². The molecule has 14 heavy (non-hydrogen) atoms. The third-order valence-electron chi connectivity index (χ3n) is 2.46. The summed E-state index contributed by atoms with van der Waals surface area (Å²) in [6.07, 6.45) is 4.83. The Morgan fingerprint density at radius 2 is 2.00 bits per heavy atom. The number of carboxylic acids is 1. The van der Waals surface area contributed by atoms with Gasteiger partial charge in [-0.1, -0.05) is 19.3 Å². The minimum absolute atomic E-state index is 0.324. The first kappa shape index (κ1) is 10.8. The molecule has 0 unspecified atom stereocenters. The van der Waals surface area contributed by atoms with E-state index in [9.17, 15) is 9.59 Å². The number of carboxylic acid groups (broad SMARTS) is 1. The number of nitrogens with one attached hydrogen (secondary N) is 2. The van der Waals surface area contributed by atoms with Crippen molar-refractivity contribution in [2.75, 3.05) is 13.1 Å². The second-order valence-electron chi connectivity index (χ2n) is 3.59. The standard InChI is InChI=1S/C9H16N2O3/c12-8(13)6-11-9(14)10-5-4-7-2-1-3-7/h7H,1-6H2,(H,12,13)(H2,10,11,14). The fourth-order valence-corrected chi connectivity index (χ4v) is 1.39. The Bertz CT molecular complexity index is 214. The smallest absolute Gasteiger partial charge is 0.323 e. The van der Waals surface area contributed by atoms with Gasteiger partial charge in [-0.3, -0.25) is 4.79 Å². The maximum absolute atomic E-state index is 10.9. The second-order valence-corrected chi connectivity index (χ2v) is 3.59. The average Bonchev–Trinajstić information content (AvgIpc) is 2.06. The zero-order valence-corrected chi connectivity index (χ0v) is 8.08. The van der Waals surface area contributed by atoms with E-state index in [1.807, 2.05) is 0 Å². The van der Waals surface area contributed by atoms with Crippen LogP contribution in [-0.4, -0.2) is 30.2 Å². The molecule has 0 radical (unpaired) electrons. The van der Waals surface area contributed by atoms with Crippen molar-refractivity contribution >= 4 is 12.0 Å². The van der Waals surface area contributed by atoms with Gasteiger partial charge in [-0.2, -0.15) is 0 Å². The van der Waals surface area contributed by atoms with Gasteiger partial charge < -0.3 is 15.7 Å². The minimum Gasteiger partial charge on any atom is -0.480 e. The molecule has 5 nitrogen and oxygen atoms in total. The summed E-state index contributed by atoms with van der Waals surface area (Å²) in [7, 11) is 0. The number of hydrogen-bond acceptors (Lipinski definition) is 2. The largest absolute Gasteiger partial charge is 0.480 e. The number of rotatable bonds is 5. The van der Waals surface area contributed by atoms with Gasteiger partial charge in [0.15, 0.2) is 0 Å². The van der Waals surface area contributed by atoms with Crippen LogP contribution in [0, 0.1) is 5.92 Å². The number of urea groups is 1. The Kier molecular flexibility index (Phi) is 4.22. The monoisotopic (exact) mass is 200 g/mol. The Balaban J connectivity index is 1.94. The van der Waals surface area contributed by atoms with Gasteiger partial charge in [0.25, 0.3) is 0 Å². The van der Waals surface area contributed by atoms with Crippen LogP contribution in [0.4, 0.5) is 4.79 Å². The summed E-state index contributed by atoms with van der Waals surface area (Å²) in [4.78, 5) is 21.0. The quantitative estimate of drug-likeness (QED) is 0.606. The molecule has 0 saturated heterocycles. The summed E-state index contributed by atoms with van der Waals surface area (Å²) in [5.74, 6) is -0.270. The molecule has 5 heteroatoms. The molecule has 1 saturated carbocycles. The average molecular weight is 200 g/mol. The zero-order valence-electron chi connectivity index (χ0n) is 8.08. The molecular formula is C9H16N2O3. The predicted molar refractivity (Wildman–Crippen MR) is 51.0 cm³/mol. The minimum atomic E-state index is -1.03. The van der Waals surface area contributed by atoms with Crippen LogP contribution < -0.4 is 10.6 Å². The molecule has 1 aliphatic carbocycles. The first-order valence-electron chi connectivity index (χ1n) is 4.92. The van der Waals surface area contributed by atoms with E-state index >= 15 is 0 Å². The summed E-state index contributed by atoms with van der Waals surface area (Å²) in [6.45, 7) is 0.311. The topological polar surface area (TPSA) is 78.4 Å². The van der Waals surface area contributed by atoms with Crippen LogP contribution >= 0.6 is 0 Å². The summed E-state index contributed by atoms with van der Waals surface area (Å²) >= 11 is 0. The van der Waals surface area contributed by atoms with Crippen molar-refractivity contribution in [2.24, 2.45) is 5.92 Å². The number of carbonyl (C=O) groups is 2. The highest BCUT2D eigenvalue weighted by atomic mass is 16.4.